The van der Waals surface area contributed by atoms with Crippen LogP contribution >= 0.6 is 0 Å². The summed E-state index contributed by atoms with van der Waals surface area (Å²) in [5.74, 6) is 0.772. The van der Waals surface area contributed by atoms with E-state index in [1.165, 1.54) is 0 Å². The van der Waals surface area contributed by atoms with E-state index in [0.717, 1.165) is 32.4 Å². The molecule has 0 aliphatic rings. The number of nitrogens with two attached hydrogens (primary N) is 4. The standard InChI is InChI=1S/C10H22N8/c11-4-1-2-6-18(7-3-5-12)10-16-8(13)15-9(14)17-10/h1-7,11-12H2,(H4,13,14,15,16,17). The van der Waals surface area contributed by atoms with Gasteiger partial charge in [-0.2, -0.15) is 15.0 Å². The second-order valence-electron chi connectivity index (χ2n) is 3.98. The zero-order valence-corrected chi connectivity index (χ0v) is 10.5. The Bertz CT molecular complexity index is 335. The van der Waals surface area contributed by atoms with Crippen molar-refractivity contribution in [2.75, 3.05) is 42.5 Å². The number of hydrogen-bond acceptors (Lipinski definition) is 8. The van der Waals surface area contributed by atoms with Gasteiger partial charge < -0.3 is 27.8 Å². The molecule has 1 aromatic heterocycles. The van der Waals surface area contributed by atoms with Crippen molar-refractivity contribution >= 4 is 17.8 Å². The molecule has 1 aromatic rings. The van der Waals surface area contributed by atoms with E-state index in [9.17, 15) is 0 Å². The highest BCUT2D eigenvalue weighted by molar-refractivity contribution is 5.39. The average Bonchev–Trinajstić information content (AvgIpc) is 2.32. The monoisotopic (exact) mass is 254 g/mol. The maximum absolute atomic E-state index is 5.57. The highest BCUT2D eigenvalue weighted by Crippen LogP contribution is 2.11. The Morgan fingerprint density at radius 1 is 0.778 bits per heavy atom. The molecule has 8 heteroatoms. The number of unbranched alkanes of at least 4 members (excludes halogenated alkanes) is 1. The predicted octanol–water partition coefficient (Wildman–Crippen LogP) is -1.07. The first-order chi connectivity index (χ1) is 8.67. The highest BCUT2D eigenvalue weighted by Gasteiger charge is 2.11. The third-order valence-electron chi connectivity index (χ3n) is 2.46. The van der Waals surface area contributed by atoms with Crippen LogP contribution in [0.3, 0.4) is 0 Å². The molecular formula is C10H22N8. The van der Waals surface area contributed by atoms with Gasteiger partial charge in [0.25, 0.3) is 0 Å². The quantitative estimate of drug-likeness (QED) is 0.429. The maximum atomic E-state index is 5.57. The van der Waals surface area contributed by atoms with Crippen LogP contribution in [0, 0.1) is 0 Å². The lowest BCUT2D eigenvalue weighted by molar-refractivity contribution is 0.659. The summed E-state index contributed by atoms with van der Waals surface area (Å²) in [4.78, 5) is 14.0. The molecule has 0 radical (unpaired) electrons. The lowest BCUT2D eigenvalue weighted by atomic mass is 10.3. The van der Waals surface area contributed by atoms with Gasteiger partial charge in [0.05, 0.1) is 0 Å². The molecular weight excluding hydrogens is 232 g/mol. The minimum absolute atomic E-state index is 0.133. The average molecular weight is 254 g/mol. The lowest BCUT2D eigenvalue weighted by Gasteiger charge is -2.22. The van der Waals surface area contributed by atoms with Crippen molar-refractivity contribution in [2.24, 2.45) is 11.5 Å². The first kappa shape index (κ1) is 14.4. The summed E-state index contributed by atoms with van der Waals surface area (Å²) in [7, 11) is 0. The van der Waals surface area contributed by atoms with Gasteiger partial charge in [0.2, 0.25) is 17.8 Å². The number of rotatable bonds is 8. The number of aromatic nitrogens is 3. The van der Waals surface area contributed by atoms with Crippen molar-refractivity contribution < 1.29 is 0 Å². The summed E-state index contributed by atoms with van der Waals surface area (Å²) >= 11 is 0. The largest absolute Gasteiger partial charge is 0.368 e. The summed E-state index contributed by atoms with van der Waals surface area (Å²) in [6.45, 7) is 2.86. The molecule has 18 heavy (non-hydrogen) atoms. The molecule has 0 fully saturated rings. The molecule has 1 heterocycles. The second-order valence-corrected chi connectivity index (χ2v) is 3.98. The van der Waals surface area contributed by atoms with Gasteiger partial charge in [0, 0.05) is 13.1 Å². The molecule has 0 saturated heterocycles. The maximum Gasteiger partial charge on any atom is 0.231 e. The molecule has 0 unspecified atom stereocenters. The summed E-state index contributed by atoms with van der Waals surface area (Å²) < 4.78 is 0. The van der Waals surface area contributed by atoms with E-state index in [1.807, 2.05) is 4.90 Å². The summed E-state index contributed by atoms with van der Waals surface area (Å²) in [5, 5.41) is 0. The topological polar surface area (TPSA) is 146 Å². The van der Waals surface area contributed by atoms with Gasteiger partial charge in [-0.1, -0.05) is 0 Å². The van der Waals surface area contributed by atoms with Crippen LogP contribution in [-0.2, 0) is 0 Å². The Morgan fingerprint density at radius 2 is 1.33 bits per heavy atom. The van der Waals surface area contributed by atoms with Gasteiger partial charge in [0.1, 0.15) is 0 Å². The fourth-order valence-electron chi connectivity index (χ4n) is 1.58. The number of hydrogen-bond donors (Lipinski definition) is 4. The number of anilines is 3. The lowest BCUT2D eigenvalue weighted by Crippen LogP contribution is -2.30. The molecule has 1 rings (SSSR count). The number of nitrogen functional groups attached to an aromatic ring is 2. The SMILES string of the molecule is NCCCCN(CCCN)c1nc(N)nc(N)n1. The Balaban J connectivity index is 2.72. The van der Waals surface area contributed by atoms with E-state index in [-0.39, 0.29) is 11.9 Å². The van der Waals surface area contributed by atoms with E-state index in [4.69, 9.17) is 22.9 Å². The van der Waals surface area contributed by atoms with E-state index in [2.05, 4.69) is 15.0 Å². The third-order valence-corrected chi connectivity index (χ3v) is 2.46. The summed E-state index contributed by atoms with van der Waals surface area (Å²) in [6.07, 6.45) is 2.77. The Hall–Kier alpha value is -1.67. The van der Waals surface area contributed by atoms with Crippen molar-refractivity contribution in [1.82, 2.24) is 15.0 Å². The molecule has 0 bridgehead atoms. The van der Waals surface area contributed by atoms with E-state index in [0.29, 0.717) is 19.0 Å². The van der Waals surface area contributed by atoms with Crippen LogP contribution in [0.25, 0.3) is 0 Å². The predicted molar refractivity (Wildman–Crippen MR) is 72.8 cm³/mol. The van der Waals surface area contributed by atoms with Crippen LogP contribution in [0.5, 0.6) is 0 Å². The second kappa shape index (κ2) is 7.62. The van der Waals surface area contributed by atoms with Crippen LogP contribution in [0.15, 0.2) is 0 Å². The van der Waals surface area contributed by atoms with Crippen molar-refractivity contribution in [1.29, 1.82) is 0 Å². The zero-order chi connectivity index (χ0) is 13.4. The minimum atomic E-state index is 0.133. The van der Waals surface area contributed by atoms with Gasteiger partial charge >= 0.3 is 0 Å². The van der Waals surface area contributed by atoms with Crippen LogP contribution in [0.1, 0.15) is 19.3 Å². The fourth-order valence-corrected chi connectivity index (χ4v) is 1.58. The van der Waals surface area contributed by atoms with Crippen molar-refractivity contribution in [3.05, 3.63) is 0 Å². The Kier molecular flexibility index (Phi) is 6.09. The van der Waals surface area contributed by atoms with Crippen LogP contribution in [0.2, 0.25) is 0 Å². The first-order valence-electron chi connectivity index (χ1n) is 6.09. The van der Waals surface area contributed by atoms with Gasteiger partial charge in [-0.25, -0.2) is 0 Å². The van der Waals surface area contributed by atoms with Gasteiger partial charge in [-0.15, -0.1) is 0 Å². The Labute approximate surface area is 107 Å². The molecule has 0 spiro atoms. The van der Waals surface area contributed by atoms with Crippen LogP contribution in [0.4, 0.5) is 17.8 Å². The summed E-state index contributed by atoms with van der Waals surface area (Å²) in [6, 6.07) is 0. The Morgan fingerprint density at radius 3 is 1.89 bits per heavy atom. The fraction of sp³-hybridized carbons (Fsp3) is 0.700. The molecule has 0 atom stereocenters. The molecule has 8 N–H and O–H groups in total. The van der Waals surface area contributed by atoms with Crippen LogP contribution < -0.4 is 27.8 Å². The van der Waals surface area contributed by atoms with E-state index < -0.39 is 0 Å². The van der Waals surface area contributed by atoms with Gasteiger partial charge in [0.15, 0.2) is 0 Å². The highest BCUT2D eigenvalue weighted by atomic mass is 15.3. The van der Waals surface area contributed by atoms with Crippen molar-refractivity contribution in [2.45, 2.75) is 19.3 Å². The number of nitrogens with zero attached hydrogens (tertiary/aromatic N) is 4. The normalized spacial score (nSPS) is 10.6. The van der Waals surface area contributed by atoms with Crippen LogP contribution in [-0.4, -0.2) is 41.1 Å². The molecule has 8 nitrogen and oxygen atoms in total. The molecule has 0 aromatic carbocycles. The molecule has 0 aliphatic heterocycles. The third kappa shape index (κ3) is 4.68. The smallest absolute Gasteiger partial charge is 0.231 e. The molecule has 0 aliphatic carbocycles. The first-order valence-corrected chi connectivity index (χ1v) is 6.09. The summed E-state index contributed by atoms with van der Waals surface area (Å²) in [5.41, 5.74) is 22.1. The minimum Gasteiger partial charge on any atom is -0.368 e. The molecule has 102 valence electrons. The van der Waals surface area contributed by atoms with E-state index >= 15 is 0 Å². The van der Waals surface area contributed by atoms with Gasteiger partial charge in [-0.05, 0) is 32.4 Å². The van der Waals surface area contributed by atoms with Crippen molar-refractivity contribution in [3.63, 3.8) is 0 Å². The molecule has 0 saturated carbocycles. The van der Waals surface area contributed by atoms with Gasteiger partial charge in [-0.3, -0.25) is 0 Å². The van der Waals surface area contributed by atoms with E-state index in [1.54, 1.807) is 0 Å². The molecule has 0 amide bonds. The van der Waals surface area contributed by atoms with Crippen molar-refractivity contribution in [3.8, 4) is 0 Å². The zero-order valence-electron chi connectivity index (χ0n) is 10.5.